The number of hydrogen-bond donors (Lipinski definition) is 1. The molecule has 8 heteroatoms. The van der Waals surface area contributed by atoms with Gasteiger partial charge in [0.25, 0.3) is 5.91 Å². The van der Waals surface area contributed by atoms with Crippen LogP contribution in [0.3, 0.4) is 0 Å². The van der Waals surface area contributed by atoms with Crippen LogP contribution in [0.1, 0.15) is 24.4 Å². The summed E-state index contributed by atoms with van der Waals surface area (Å²) in [5.74, 6) is 0.0642. The lowest BCUT2D eigenvalue weighted by Crippen LogP contribution is -2.46. The van der Waals surface area contributed by atoms with Crippen LogP contribution < -0.4 is 5.32 Å². The van der Waals surface area contributed by atoms with E-state index in [-0.39, 0.29) is 17.7 Å². The molecule has 2 aromatic heterocycles. The number of hydrogen-bond acceptors (Lipinski definition) is 4. The van der Waals surface area contributed by atoms with Crippen LogP contribution in [0.2, 0.25) is 0 Å². The number of piperidine rings is 1. The van der Waals surface area contributed by atoms with Gasteiger partial charge in [-0.3, -0.25) is 14.3 Å². The molecule has 1 aliphatic rings. The largest absolute Gasteiger partial charge is 0.340 e. The van der Waals surface area contributed by atoms with Crippen LogP contribution in [0.25, 0.3) is 0 Å². The van der Waals surface area contributed by atoms with Gasteiger partial charge >= 0.3 is 0 Å². The molecule has 2 unspecified atom stereocenters. The van der Waals surface area contributed by atoms with Gasteiger partial charge < -0.3 is 10.2 Å². The number of likely N-dealkylation sites (tertiary alicyclic amines) is 1. The van der Waals surface area contributed by atoms with Crippen LogP contribution in [0.5, 0.6) is 0 Å². The molecule has 1 saturated heterocycles. The molecule has 30 heavy (non-hydrogen) atoms. The molecule has 0 spiro atoms. The van der Waals surface area contributed by atoms with E-state index in [0.717, 1.165) is 22.9 Å². The van der Waals surface area contributed by atoms with Crippen molar-refractivity contribution in [1.29, 1.82) is 0 Å². The van der Waals surface area contributed by atoms with Crippen LogP contribution in [0.15, 0.2) is 71.6 Å². The fraction of sp³-hybridized carbons (Fsp3) is 0.273. The molecule has 4 rings (SSSR count). The van der Waals surface area contributed by atoms with Crippen molar-refractivity contribution < 1.29 is 9.59 Å². The van der Waals surface area contributed by atoms with Crippen molar-refractivity contribution in [3.8, 4) is 0 Å². The number of carbonyl (C=O) groups is 2. The Hall–Kier alpha value is -3.00. The Balaban J connectivity index is 1.49. The third-order valence-electron chi connectivity index (χ3n) is 5.22. The number of rotatable bonds is 5. The van der Waals surface area contributed by atoms with Gasteiger partial charge in [-0.05, 0) is 52.5 Å². The molecule has 2 atom stereocenters. The Bertz CT molecular complexity index is 992. The smallest absolute Gasteiger partial charge is 0.252 e. The number of pyridine rings is 1. The zero-order chi connectivity index (χ0) is 20.9. The Morgan fingerprint density at radius 1 is 1.13 bits per heavy atom. The summed E-state index contributed by atoms with van der Waals surface area (Å²) in [5, 5.41) is 7.16. The van der Waals surface area contributed by atoms with Crippen molar-refractivity contribution >= 4 is 33.6 Å². The van der Waals surface area contributed by atoms with E-state index in [1.54, 1.807) is 40.3 Å². The van der Waals surface area contributed by atoms with Crippen molar-refractivity contribution in [2.75, 3.05) is 18.4 Å². The number of carbonyl (C=O) groups excluding carboxylic acids is 2. The lowest BCUT2D eigenvalue weighted by molar-refractivity contribution is -0.137. The topological polar surface area (TPSA) is 80.1 Å². The molecule has 154 valence electrons. The van der Waals surface area contributed by atoms with E-state index in [9.17, 15) is 9.59 Å². The predicted molar refractivity (Wildman–Crippen MR) is 117 cm³/mol. The van der Waals surface area contributed by atoms with E-state index in [4.69, 9.17) is 0 Å². The van der Waals surface area contributed by atoms with Gasteiger partial charge in [-0.15, -0.1) is 0 Å². The molecule has 0 bridgehead atoms. The van der Waals surface area contributed by atoms with Gasteiger partial charge in [-0.2, -0.15) is 5.10 Å². The van der Waals surface area contributed by atoms with Gasteiger partial charge in [0.05, 0.1) is 5.92 Å². The Kier molecular flexibility index (Phi) is 6.23. The number of amides is 2. The zero-order valence-corrected chi connectivity index (χ0v) is 17.9. The van der Waals surface area contributed by atoms with Gasteiger partial charge in [-0.1, -0.05) is 30.3 Å². The maximum Gasteiger partial charge on any atom is 0.252 e. The third-order valence-corrected chi connectivity index (χ3v) is 5.69. The van der Waals surface area contributed by atoms with Gasteiger partial charge in [0, 0.05) is 36.2 Å². The number of nitrogens with one attached hydrogen (secondary N) is 1. The van der Waals surface area contributed by atoms with Crippen LogP contribution in [0.4, 0.5) is 5.82 Å². The average Bonchev–Trinajstić information content (AvgIpc) is 3.30. The van der Waals surface area contributed by atoms with Crippen LogP contribution >= 0.6 is 15.9 Å². The predicted octanol–water partition coefficient (Wildman–Crippen LogP) is 3.51. The lowest BCUT2D eigenvalue weighted by Gasteiger charge is -2.34. The first-order valence-corrected chi connectivity index (χ1v) is 10.7. The molecule has 3 aromatic rings. The highest BCUT2D eigenvalue weighted by molar-refractivity contribution is 9.10. The molecular weight excluding hydrogens is 446 g/mol. The van der Waals surface area contributed by atoms with Crippen LogP contribution in [-0.4, -0.2) is 44.6 Å². The molecule has 3 heterocycles. The lowest BCUT2D eigenvalue weighted by atomic mass is 9.95. The number of halogens is 1. The molecule has 0 aliphatic carbocycles. The number of nitrogens with zero attached hydrogens (tertiary/aromatic N) is 4. The Morgan fingerprint density at radius 3 is 2.67 bits per heavy atom. The van der Waals surface area contributed by atoms with E-state index >= 15 is 0 Å². The third kappa shape index (κ3) is 4.59. The van der Waals surface area contributed by atoms with Gasteiger partial charge in [0.15, 0.2) is 6.04 Å². The summed E-state index contributed by atoms with van der Waals surface area (Å²) < 4.78 is 2.52. The van der Waals surface area contributed by atoms with Crippen molar-refractivity contribution in [2.45, 2.75) is 18.9 Å². The van der Waals surface area contributed by atoms with Crippen molar-refractivity contribution in [3.63, 3.8) is 0 Å². The standard InChI is InChI=1S/C22H22BrN5O2/c23-18-9-10-19(24-14-18)26-21(29)17-8-4-12-27(15-17)22(30)20(28-13-5-11-25-28)16-6-2-1-3-7-16/h1-3,5-7,9-11,13-14,17,20H,4,8,12,15H2,(H,24,26,29). The monoisotopic (exact) mass is 467 g/mol. The second-order valence-corrected chi connectivity index (χ2v) is 8.19. The van der Waals surface area contributed by atoms with Crippen LogP contribution in [-0.2, 0) is 9.59 Å². The first kappa shape index (κ1) is 20.3. The summed E-state index contributed by atoms with van der Waals surface area (Å²) >= 11 is 3.33. The van der Waals surface area contributed by atoms with Gasteiger partial charge in [0.2, 0.25) is 5.91 Å². The molecule has 7 nitrogen and oxygen atoms in total. The maximum atomic E-state index is 13.5. The zero-order valence-electron chi connectivity index (χ0n) is 16.3. The molecule has 1 N–H and O–H groups in total. The summed E-state index contributed by atoms with van der Waals surface area (Å²) in [7, 11) is 0. The molecule has 0 radical (unpaired) electrons. The highest BCUT2D eigenvalue weighted by Crippen LogP contribution is 2.25. The van der Waals surface area contributed by atoms with E-state index in [1.807, 2.05) is 36.4 Å². The van der Waals surface area contributed by atoms with E-state index < -0.39 is 6.04 Å². The highest BCUT2D eigenvalue weighted by Gasteiger charge is 2.33. The highest BCUT2D eigenvalue weighted by atomic mass is 79.9. The summed E-state index contributed by atoms with van der Waals surface area (Å²) in [6.45, 7) is 1.01. The molecule has 1 aromatic carbocycles. The number of anilines is 1. The Labute approximate surface area is 183 Å². The maximum absolute atomic E-state index is 13.5. The van der Waals surface area contributed by atoms with Gasteiger partial charge in [0.1, 0.15) is 5.82 Å². The van der Waals surface area contributed by atoms with E-state index in [1.165, 1.54) is 0 Å². The van der Waals surface area contributed by atoms with Crippen molar-refractivity contribution in [1.82, 2.24) is 19.7 Å². The van der Waals surface area contributed by atoms with Gasteiger partial charge in [-0.25, -0.2) is 4.98 Å². The minimum Gasteiger partial charge on any atom is -0.340 e. The molecule has 2 amide bonds. The normalized spacial score (nSPS) is 17.4. The first-order valence-electron chi connectivity index (χ1n) is 9.87. The Morgan fingerprint density at radius 2 is 1.97 bits per heavy atom. The quantitative estimate of drug-likeness (QED) is 0.622. The van der Waals surface area contributed by atoms with E-state index in [0.29, 0.717) is 18.9 Å². The molecule has 1 fully saturated rings. The van der Waals surface area contributed by atoms with E-state index in [2.05, 4.69) is 31.3 Å². The average molecular weight is 468 g/mol. The molecule has 1 aliphatic heterocycles. The fourth-order valence-corrected chi connectivity index (χ4v) is 3.95. The minimum absolute atomic E-state index is 0.0517. The van der Waals surface area contributed by atoms with Crippen molar-refractivity contribution in [2.24, 2.45) is 5.92 Å². The second kappa shape index (κ2) is 9.21. The molecule has 0 saturated carbocycles. The summed E-state index contributed by atoms with van der Waals surface area (Å²) in [6.07, 6.45) is 6.62. The van der Waals surface area contributed by atoms with Crippen LogP contribution in [0, 0.1) is 5.92 Å². The first-order chi connectivity index (χ1) is 14.6. The minimum atomic E-state index is -0.545. The summed E-state index contributed by atoms with van der Waals surface area (Å²) in [4.78, 5) is 32.2. The fourth-order valence-electron chi connectivity index (χ4n) is 3.72. The SMILES string of the molecule is O=C(Nc1ccc(Br)cn1)C1CCCN(C(=O)C(c2ccccc2)n2cccn2)C1. The number of aromatic nitrogens is 3. The summed E-state index contributed by atoms with van der Waals surface area (Å²) in [6, 6.07) is 14.4. The van der Waals surface area contributed by atoms with Crippen molar-refractivity contribution in [3.05, 3.63) is 77.2 Å². The summed E-state index contributed by atoms with van der Waals surface area (Å²) in [5.41, 5.74) is 0.872. The number of benzene rings is 1. The second-order valence-electron chi connectivity index (χ2n) is 7.27. The molecular formula is C22H22BrN5O2.